The lowest BCUT2D eigenvalue weighted by atomic mass is 10.2. The Morgan fingerprint density at radius 3 is 3.00 bits per heavy atom. The van der Waals surface area contributed by atoms with Crippen molar-refractivity contribution < 1.29 is 9.53 Å². The number of esters is 1. The number of nitrogens with one attached hydrogen (secondary N) is 1. The maximum absolute atomic E-state index is 11.1. The van der Waals surface area contributed by atoms with Crippen LogP contribution in [-0.4, -0.2) is 19.1 Å². The van der Waals surface area contributed by atoms with E-state index in [1.807, 2.05) is 0 Å². The van der Waals surface area contributed by atoms with Crippen molar-refractivity contribution in [3.8, 4) is 0 Å². The predicted octanol–water partition coefficient (Wildman–Crippen LogP) is 2.91. The maximum atomic E-state index is 11.1. The van der Waals surface area contributed by atoms with Crippen LogP contribution in [-0.2, 0) is 9.53 Å². The van der Waals surface area contributed by atoms with Gasteiger partial charge in [-0.25, -0.2) is 4.79 Å². The maximum Gasteiger partial charge on any atom is 0.330 e. The van der Waals surface area contributed by atoms with Gasteiger partial charge in [0.1, 0.15) is 0 Å². The molecule has 0 fully saturated rings. The van der Waals surface area contributed by atoms with Crippen LogP contribution in [0, 0.1) is 0 Å². The van der Waals surface area contributed by atoms with Crippen molar-refractivity contribution in [2.24, 2.45) is 0 Å². The molecule has 1 heterocycles. The van der Waals surface area contributed by atoms with Gasteiger partial charge >= 0.3 is 5.97 Å². The van der Waals surface area contributed by atoms with E-state index >= 15 is 0 Å². The summed E-state index contributed by atoms with van der Waals surface area (Å²) in [7, 11) is 0. The monoisotopic (exact) mass is 253 g/mol. The number of carbonyl (C=O) groups excluding carboxylic acids is 1. The number of hydrogen-bond donors (Lipinski definition) is 1. The minimum Gasteiger partial charge on any atom is -0.463 e. The Morgan fingerprint density at radius 2 is 2.41 bits per heavy atom. The molecule has 0 saturated heterocycles. The number of thiophene rings is 1. The molecular formula is C13H19NO2S. The third-order valence-corrected chi connectivity index (χ3v) is 3.30. The molecule has 1 atom stereocenters. The van der Waals surface area contributed by atoms with Gasteiger partial charge < -0.3 is 10.1 Å². The molecule has 17 heavy (non-hydrogen) atoms. The highest BCUT2D eigenvalue weighted by atomic mass is 32.1. The highest BCUT2D eigenvalue weighted by Gasteiger charge is 2.07. The van der Waals surface area contributed by atoms with E-state index < -0.39 is 0 Å². The Hall–Kier alpha value is -1.13. The van der Waals surface area contributed by atoms with Crippen molar-refractivity contribution in [2.75, 3.05) is 13.2 Å². The van der Waals surface area contributed by atoms with Crippen LogP contribution in [0.2, 0.25) is 0 Å². The van der Waals surface area contributed by atoms with Gasteiger partial charge in [0, 0.05) is 23.5 Å². The summed E-state index contributed by atoms with van der Waals surface area (Å²) in [6.07, 6.45) is 4.31. The molecule has 1 aromatic heterocycles. The first kappa shape index (κ1) is 13.9. The van der Waals surface area contributed by atoms with Crippen molar-refractivity contribution in [1.29, 1.82) is 0 Å². The van der Waals surface area contributed by atoms with Gasteiger partial charge in [0.05, 0.1) is 6.61 Å². The van der Waals surface area contributed by atoms with Gasteiger partial charge in [-0.3, -0.25) is 0 Å². The molecule has 94 valence electrons. The third kappa shape index (κ3) is 5.15. The fourth-order valence-electron chi connectivity index (χ4n) is 1.49. The summed E-state index contributed by atoms with van der Waals surface area (Å²) in [5.41, 5.74) is 0. The molecule has 0 aromatic carbocycles. The third-order valence-electron chi connectivity index (χ3n) is 2.32. The van der Waals surface area contributed by atoms with E-state index in [9.17, 15) is 4.79 Å². The second-order valence-corrected chi connectivity index (χ2v) is 4.52. The van der Waals surface area contributed by atoms with Crippen LogP contribution in [0.25, 0.3) is 0 Å². The van der Waals surface area contributed by atoms with Gasteiger partial charge in [-0.1, -0.05) is 19.1 Å². The summed E-state index contributed by atoms with van der Waals surface area (Å²) in [5.74, 6) is -0.279. The highest BCUT2D eigenvalue weighted by molar-refractivity contribution is 7.10. The van der Waals surface area contributed by atoms with E-state index in [1.54, 1.807) is 24.3 Å². The molecule has 3 nitrogen and oxygen atoms in total. The summed E-state index contributed by atoms with van der Waals surface area (Å²) in [5, 5.41) is 5.46. The summed E-state index contributed by atoms with van der Waals surface area (Å²) in [6.45, 7) is 5.04. The zero-order valence-electron chi connectivity index (χ0n) is 10.3. The van der Waals surface area contributed by atoms with Crippen LogP contribution in [0.3, 0.4) is 0 Å². The first-order valence-corrected chi connectivity index (χ1v) is 6.76. The van der Waals surface area contributed by atoms with E-state index in [1.165, 1.54) is 11.0 Å². The average Bonchev–Trinajstić information content (AvgIpc) is 2.83. The molecule has 0 aliphatic carbocycles. The Kier molecular flexibility index (Phi) is 6.58. The first-order chi connectivity index (χ1) is 8.27. The van der Waals surface area contributed by atoms with Gasteiger partial charge in [0.25, 0.3) is 0 Å². The molecule has 4 heteroatoms. The molecule has 0 saturated carbocycles. The van der Waals surface area contributed by atoms with Crippen molar-refractivity contribution >= 4 is 17.3 Å². The minimum atomic E-state index is -0.279. The highest BCUT2D eigenvalue weighted by Crippen LogP contribution is 2.21. The molecule has 1 rings (SSSR count). The van der Waals surface area contributed by atoms with Crippen LogP contribution in [0.4, 0.5) is 0 Å². The second-order valence-electron chi connectivity index (χ2n) is 3.54. The van der Waals surface area contributed by atoms with E-state index in [2.05, 4.69) is 29.8 Å². The topological polar surface area (TPSA) is 38.3 Å². The number of hydrogen-bond acceptors (Lipinski definition) is 4. The molecule has 0 bridgehead atoms. The Morgan fingerprint density at radius 1 is 1.59 bits per heavy atom. The summed E-state index contributed by atoms with van der Waals surface area (Å²) in [6, 6.07) is 4.54. The first-order valence-electron chi connectivity index (χ1n) is 5.88. The lowest BCUT2D eigenvalue weighted by Gasteiger charge is -2.13. The Balaban J connectivity index is 2.32. The van der Waals surface area contributed by atoms with Gasteiger partial charge in [-0.2, -0.15) is 0 Å². The summed E-state index contributed by atoms with van der Waals surface area (Å²) < 4.78 is 4.80. The average molecular weight is 253 g/mol. The molecule has 1 aromatic rings. The van der Waals surface area contributed by atoms with Crippen LogP contribution < -0.4 is 5.32 Å². The smallest absolute Gasteiger partial charge is 0.330 e. The molecule has 1 unspecified atom stereocenters. The molecule has 0 amide bonds. The molecular weight excluding hydrogens is 234 g/mol. The summed E-state index contributed by atoms with van der Waals surface area (Å²) >= 11 is 1.75. The largest absolute Gasteiger partial charge is 0.463 e. The molecule has 0 spiro atoms. The molecule has 0 aliphatic rings. The van der Waals surface area contributed by atoms with Crippen LogP contribution in [0.1, 0.15) is 31.2 Å². The van der Waals surface area contributed by atoms with Crippen LogP contribution in [0.5, 0.6) is 0 Å². The Bertz CT molecular complexity index is 346. The SMILES string of the molecule is CCOC(=O)/C=C/CNC(CC)c1cccs1. The summed E-state index contributed by atoms with van der Waals surface area (Å²) in [4.78, 5) is 12.4. The van der Waals surface area contributed by atoms with Gasteiger partial charge in [-0.05, 0) is 24.8 Å². The molecule has 0 aliphatic heterocycles. The zero-order valence-corrected chi connectivity index (χ0v) is 11.1. The normalized spacial score (nSPS) is 12.8. The van der Waals surface area contributed by atoms with Gasteiger partial charge in [0.2, 0.25) is 0 Å². The van der Waals surface area contributed by atoms with Crippen molar-refractivity contribution in [1.82, 2.24) is 5.32 Å². The van der Waals surface area contributed by atoms with E-state index in [4.69, 9.17) is 4.74 Å². The standard InChI is InChI=1S/C13H19NO2S/c1-3-11(12-7-6-10-17-12)14-9-5-8-13(15)16-4-2/h5-8,10-11,14H,3-4,9H2,1-2H3/b8-5+. The van der Waals surface area contributed by atoms with Gasteiger partial charge in [0.15, 0.2) is 0 Å². The number of carbonyl (C=O) groups is 1. The fourth-order valence-corrected chi connectivity index (χ4v) is 2.38. The zero-order chi connectivity index (χ0) is 12.5. The molecule has 1 N–H and O–H groups in total. The Labute approximate surface area is 106 Å². The second kappa shape index (κ2) is 8.03. The van der Waals surface area contributed by atoms with Gasteiger partial charge in [-0.15, -0.1) is 11.3 Å². The van der Waals surface area contributed by atoms with Crippen LogP contribution >= 0.6 is 11.3 Å². The quantitative estimate of drug-likeness (QED) is 0.600. The number of ether oxygens (including phenoxy) is 1. The van der Waals surface area contributed by atoms with Crippen molar-refractivity contribution in [3.63, 3.8) is 0 Å². The lowest BCUT2D eigenvalue weighted by Crippen LogP contribution is -2.20. The molecule has 0 radical (unpaired) electrons. The van der Waals surface area contributed by atoms with E-state index in [-0.39, 0.29) is 5.97 Å². The predicted molar refractivity (Wildman–Crippen MR) is 71.1 cm³/mol. The minimum absolute atomic E-state index is 0.279. The van der Waals surface area contributed by atoms with Crippen LogP contribution in [0.15, 0.2) is 29.7 Å². The fraction of sp³-hybridized carbons (Fsp3) is 0.462. The number of rotatable bonds is 7. The lowest BCUT2D eigenvalue weighted by molar-refractivity contribution is -0.137. The van der Waals surface area contributed by atoms with E-state index in [0.717, 1.165) is 6.42 Å². The van der Waals surface area contributed by atoms with Crippen molar-refractivity contribution in [3.05, 3.63) is 34.5 Å². The van der Waals surface area contributed by atoms with E-state index in [0.29, 0.717) is 19.2 Å². The van der Waals surface area contributed by atoms with Crippen molar-refractivity contribution in [2.45, 2.75) is 26.3 Å².